The van der Waals surface area contributed by atoms with Gasteiger partial charge in [0.05, 0.1) is 12.2 Å². The van der Waals surface area contributed by atoms with Gasteiger partial charge in [-0.1, -0.05) is 50.6 Å². The SMILES string of the molecule is CCCCCCCCCOc1ccc(-c2noc(CCCNC(=O)OC(C)(C)C)n2)cc1C(F)(F)F. The molecule has 2 aromatic rings. The van der Waals surface area contributed by atoms with Crippen molar-refractivity contribution in [2.75, 3.05) is 13.2 Å². The first-order chi connectivity index (χ1) is 17.0. The lowest BCUT2D eigenvalue weighted by molar-refractivity contribution is -0.138. The third-order valence-electron chi connectivity index (χ3n) is 5.25. The first kappa shape index (κ1) is 29.5. The van der Waals surface area contributed by atoms with E-state index in [0.717, 1.165) is 25.3 Å². The molecule has 2 rings (SSSR count). The van der Waals surface area contributed by atoms with E-state index in [2.05, 4.69) is 22.4 Å². The van der Waals surface area contributed by atoms with Crippen molar-refractivity contribution in [1.29, 1.82) is 0 Å². The molecule has 0 saturated heterocycles. The predicted molar refractivity (Wildman–Crippen MR) is 131 cm³/mol. The molecule has 0 spiro atoms. The number of aryl methyl sites for hydroxylation is 1. The molecule has 1 amide bonds. The van der Waals surface area contributed by atoms with Crippen LogP contribution in [0.5, 0.6) is 5.75 Å². The van der Waals surface area contributed by atoms with Crippen LogP contribution in [0.25, 0.3) is 11.4 Å². The average Bonchev–Trinajstić information content (AvgIpc) is 3.26. The zero-order valence-corrected chi connectivity index (χ0v) is 21.7. The summed E-state index contributed by atoms with van der Waals surface area (Å²) in [7, 11) is 0. The van der Waals surface area contributed by atoms with Crippen molar-refractivity contribution in [1.82, 2.24) is 15.5 Å². The Labute approximate surface area is 211 Å². The van der Waals surface area contributed by atoms with Crippen LogP contribution in [-0.2, 0) is 17.3 Å². The number of benzene rings is 1. The van der Waals surface area contributed by atoms with Gasteiger partial charge in [-0.15, -0.1) is 0 Å². The summed E-state index contributed by atoms with van der Waals surface area (Å²) in [4.78, 5) is 15.9. The summed E-state index contributed by atoms with van der Waals surface area (Å²) in [5, 5.41) is 6.44. The average molecular weight is 514 g/mol. The molecule has 1 N–H and O–H groups in total. The van der Waals surface area contributed by atoms with Gasteiger partial charge >= 0.3 is 12.3 Å². The lowest BCUT2D eigenvalue weighted by Gasteiger charge is -2.19. The summed E-state index contributed by atoms with van der Waals surface area (Å²) in [6.45, 7) is 8.03. The standard InChI is InChI=1S/C26H38F3N3O4/c1-5-6-7-8-9-10-11-17-34-21-15-14-19(18-20(21)26(27,28)29)23-31-22(36-32-23)13-12-16-30-24(33)35-25(2,3)4/h14-15,18H,5-13,16-17H2,1-4H3,(H,30,33). The lowest BCUT2D eigenvalue weighted by atomic mass is 10.1. The third-order valence-corrected chi connectivity index (χ3v) is 5.25. The molecule has 0 aliphatic heterocycles. The molecule has 0 atom stereocenters. The number of nitrogens with zero attached hydrogens (tertiary/aromatic N) is 2. The lowest BCUT2D eigenvalue weighted by Crippen LogP contribution is -2.33. The minimum absolute atomic E-state index is 0.0641. The van der Waals surface area contributed by atoms with Crippen molar-refractivity contribution < 1.29 is 32.0 Å². The summed E-state index contributed by atoms with van der Waals surface area (Å²) >= 11 is 0. The molecule has 7 nitrogen and oxygen atoms in total. The van der Waals surface area contributed by atoms with E-state index in [0.29, 0.717) is 25.8 Å². The monoisotopic (exact) mass is 513 g/mol. The zero-order valence-electron chi connectivity index (χ0n) is 21.7. The summed E-state index contributed by atoms with van der Waals surface area (Å²) in [5.41, 5.74) is -1.27. The maximum absolute atomic E-state index is 13.7. The molecule has 10 heteroatoms. The number of alkyl halides is 3. The van der Waals surface area contributed by atoms with Gasteiger partial charge in [0.15, 0.2) is 0 Å². The summed E-state index contributed by atoms with van der Waals surface area (Å²) in [5.74, 6) is 0.132. The maximum atomic E-state index is 13.7. The molecular formula is C26H38F3N3O4. The van der Waals surface area contributed by atoms with Crippen LogP contribution >= 0.6 is 0 Å². The van der Waals surface area contributed by atoms with E-state index in [9.17, 15) is 18.0 Å². The minimum atomic E-state index is -4.58. The smallest absolute Gasteiger partial charge is 0.419 e. The van der Waals surface area contributed by atoms with E-state index in [1.165, 1.54) is 31.4 Å². The van der Waals surface area contributed by atoms with Crippen molar-refractivity contribution in [2.45, 2.75) is 97.3 Å². The van der Waals surface area contributed by atoms with Gasteiger partial charge in [-0.3, -0.25) is 0 Å². The number of hydrogen-bond acceptors (Lipinski definition) is 6. The first-order valence-electron chi connectivity index (χ1n) is 12.6. The fourth-order valence-electron chi connectivity index (χ4n) is 3.48. The zero-order chi connectivity index (χ0) is 26.6. The Bertz CT molecular complexity index is 939. The van der Waals surface area contributed by atoms with Crippen LogP contribution in [-0.4, -0.2) is 35.0 Å². The second kappa shape index (κ2) is 14.1. The van der Waals surface area contributed by atoms with Gasteiger partial charge in [0.2, 0.25) is 11.7 Å². The number of alkyl carbamates (subject to hydrolysis) is 1. The van der Waals surface area contributed by atoms with Crippen LogP contribution in [0.3, 0.4) is 0 Å². The van der Waals surface area contributed by atoms with E-state index >= 15 is 0 Å². The van der Waals surface area contributed by atoms with Gasteiger partial charge in [0.1, 0.15) is 11.4 Å². The van der Waals surface area contributed by atoms with Crippen molar-refractivity contribution in [3.8, 4) is 17.1 Å². The van der Waals surface area contributed by atoms with E-state index in [1.807, 2.05) is 0 Å². The largest absolute Gasteiger partial charge is 0.493 e. The Balaban J connectivity index is 1.89. The second-order valence-electron chi connectivity index (χ2n) is 9.72. The molecule has 0 fully saturated rings. The second-order valence-corrected chi connectivity index (χ2v) is 9.72. The van der Waals surface area contributed by atoms with Crippen LogP contribution < -0.4 is 10.1 Å². The highest BCUT2D eigenvalue weighted by Gasteiger charge is 2.35. The van der Waals surface area contributed by atoms with Gasteiger partial charge in [0.25, 0.3) is 0 Å². The van der Waals surface area contributed by atoms with Gasteiger partial charge in [-0.05, 0) is 51.8 Å². The van der Waals surface area contributed by atoms with Crippen LogP contribution in [0.1, 0.15) is 90.5 Å². The van der Waals surface area contributed by atoms with Crippen LogP contribution in [0.15, 0.2) is 22.7 Å². The van der Waals surface area contributed by atoms with E-state index in [1.54, 1.807) is 20.8 Å². The molecule has 0 aliphatic carbocycles. The molecule has 1 aromatic heterocycles. The summed E-state index contributed by atoms with van der Waals surface area (Å²) in [6.07, 6.45) is 3.18. The number of unbranched alkanes of at least 4 members (excludes halogenated alkanes) is 6. The van der Waals surface area contributed by atoms with Crippen molar-refractivity contribution >= 4 is 6.09 Å². The highest BCUT2D eigenvalue weighted by atomic mass is 19.4. The Hall–Kier alpha value is -2.78. The van der Waals surface area contributed by atoms with E-state index in [4.69, 9.17) is 14.0 Å². The quantitative estimate of drug-likeness (QED) is 0.266. The molecule has 1 heterocycles. The van der Waals surface area contributed by atoms with Gasteiger partial charge in [-0.2, -0.15) is 18.2 Å². The molecule has 0 saturated carbocycles. The van der Waals surface area contributed by atoms with Crippen molar-refractivity contribution in [3.63, 3.8) is 0 Å². The Morgan fingerprint density at radius 3 is 2.39 bits per heavy atom. The number of carbonyl (C=O) groups excluding carboxylic acids is 1. The number of carbonyl (C=O) groups is 1. The number of halogens is 3. The Kier molecular flexibility index (Phi) is 11.5. The highest BCUT2D eigenvalue weighted by molar-refractivity contribution is 5.67. The number of rotatable bonds is 14. The predicted octanol–water partition coefficient (Wildman–Crippen LogP) is 7.34. The Morgan fingerprint density at radius 2 is 1.72 bits per heavy atom. The molecule has 0 bridgehead atoms. The molecule has 0 radical (unpaired) electrons. The fourth-order valence-corrected chi connectivity index (χ4v) is 3.48. The normalized spacial score (nSPS) is 12.0. The van der Waals surface area contributed by atoms with Crippen LogP contribution in [0, 0.1) is 0 Å². The molecule has 1 aromatic carbocycles. The number of nitrogens with one attached hydrogen (secondary N) is 1. The van der Waals surface area contributed by atoms with Crippen LogP contribution in [0.2, 0.25) is 0 Å². The molecule has 202 valence electrons. The number of ether oxygens (including phenoxy) is 2. The van der Waals surface area contributed by atoms with Gasteiger partial charge in [-0.25, -0.2) is 4.79 Å². The Morgan fingerprint density at radius 1 is 1.03 bits per heavy atom. The van der Waals surface area contributed by atoms with Gasteiger partial charge in [0, 0.05) is 18.5 Å². The maximum Gasteiger partial charge on any atom is 0.419 e. The van der Waals surface area contributed by atoms with Crippen LogP contribution in [0.4, 0.5) is 18.0 Å². The fraction of sp³-hybridized carbons (Fsp3) is 0.654. The van der Waals surface area contributed by atoms with E-state index < -0.39 is 23.4 Å². The molecule has 0 unspecified atom stereocenters. The molecule has 0 aliphatic rings. The minimum Gasteiger partial charge on any atom is -0.493 e. The van der Waals surface area contributed by atoms with Crippen molar-refractivity contribution in [2.24, 2.45) is 0 Å². The van der Waals surface area contributed by atoms with E-state index in [-0.39, 0.29) is 29.6 Å². The van der Waals surface area contributed by atoms with Gasteiger partial charge < -0.3 is 19.3 Å². The molecule has 36 heavy (non-hydrogen) atoms. The topological polar surface area (TPSA) is 86.5 Å². The number of hydrogen-bond donors (Lipinski definition) is 1. The third kappa shape index (κ3) is 10.9. The first-order valence-corrected chi connectivity index (χ1v) is 12.6. The molecular weight excluding hydrogens is 475 g/mol. The van der Waals surface area contributed by atoms with Crippen molar-refractivity contribution in [3.05, 3.63) is 29.7 Å². The summed E-state index contributed by atoms with van der Waals surface area (Å²) < 4.78 is 56.8. The number of amides is 1. The number of aromatic nitrogens is 2. The highest BCUT2D eigenvalue weighted by Crippen LogP contribution is 2.38. The summed E-state index contributed by atoms with van der Waals surface area (Å²) in [6, 6.07) is 3.78.